The van der Waals surface area contributed by atoms with Gasteiger partial charge in [-0.1, -0.05) is 26.0 Å². The van der Waals surface area contributed by atoms with E-state index in [0.29, 0.717) is 6.04 Å². The van der Waals surface area contributed by atoms with Crippen molar-refractivity contribution in [2.24, 2.45) is 11.8 Å². The van der Waals surface area contributed by atoms with E-state index >= 15 is 0 Å². The SMILES string of the molecule is CC1CCC(NCc2ccc(OC(C)C)cc2)C(C)C1. The maximum Gasteiger partial charge on any atom is 0.119 e. The van der Waals surface area contributed by atoms with E-state index in [0.717, 1.165) is 24.1 Å². The third kappa shape index (κ3) is 4.52. The van der Waals surface area contributed by atoms with Gasteiger partial charge < -0.3 is 10.1 Å². The average molecular weight is 275 g/mol. The molecule has 1 aromatic carbocycles. The van der Waals surface area contributed by atoms with Gasteiger partial charge in [-0.2, -0.15) is 0 Å². The molecule has 1 aliphatic rings. The van der Waals surface area contributed by atoms with Crippen molar-refractivity contribution in [3.05, 3.63) is 29.8 Å². The molecule has 1 saturated carbocycles. The van der Waals surface area contributed by atoms with Crippen LogP contribution < -0.4 is 10.1 Å². The number of rotatable bonds is 5. The fraction of sp³-hybridized carbons (Fsp3) is 0.667. The highest BCUT2D eigenvalue weighted by Crippen LogP contribution is 2.28. The summed E-state index contributed by atoms with van der Waals surface area (Å²) < 4.78 is 5.67. The van der Waals surface area contributed by atoms with Crippen molar-refractivity contribution in [1.82, 2.24) is 5.32 Å². The molecule has 20 heavy (non-hydrogen) atoms. The summed E-state index contributed by atoms with van der Waals surface area (Å²) in [5.41, 5.74) is 1.34. The fourth-order valence-corrected chi connectivity index (χ4v) is 3.18. The second-order valence-electron chi connectivity index (χ2n) is 6.69. The van der Waals surface area contributed by atoms with E-state index in [-0.39, 0.29) is 6.10 Å². The van der Waals surface area contributed by atoms with Crippen LogP contribution in [0.2, 0.25) is 0 Å². The predicted molar refractivity (Wildman–Crippen MR) is 85.0 cm³/mol. The molecule has 112 valence electrons. The summed E-state index contributed by atoms with van der Waals surface area (Å²) in [7, 11) is 0. The lowest BCUT2D eigenvalue weighted by Gasteiger charge is -2.33. The molecule has 2 heteroatoms. The maximum atomic E-state index is 5.67. The van der Waals surface area contributed by atoms with Crippen molar-refractivity contribution >= 4 is 0 Å². The molecule has 1 fully saturated rings. The Morgan fingerprint density at radius 2 is 1.85 bits per heavy atom. The molecule has 0 aromatic heterocycles. The summed E-state index contributed by atoms with van der Waals surface area (Å²) in [4.78, 5) is 0. The van der Waals surface area contributed by atoms with Crippen molar-refractivity contribution in [1.29, 1.82) is 0 Å². The number of hydrogen-bond acceptors (Lipinski definition) is 2. The Morgan fingerprint density at radius 1 is 1.15 bits per heavy atom. The van der Waals surface area contributed by atoms with Crippen LogP contribution in [0.5, 0.6) is 5.75 Å². The molecule has 3 unspecified atom stereocenters. The standard InChI is InChI=1S/C18H29NO/c1-13(2)20-17-8-6-16(7-9-17)12-19-18-10-5-14(3)11-15(18)4/h6-9,13-15,18-19H,5,10-12H2,1-4H3. The molecule has 1 aromatic rings. The molecule has 3 atom stereocenters. The first kappa shape index (κ1) is 15.4. The van der Waals surface area contributed by atoms with Crippen molar-refractivity contribution in [3.63, 3.8) is 0 Å². The molecular weight excluding hydrogens is 246 g/mol. The minimum atomic E-state index is 0.240. The van der Waals surface area contributed by atoms with E-state index < -0.39 is 0 Å². The van der Waals surface area contributed by atoms with Crippen LogP contribution in [0.4, 0.5) is 0 Å². The van der Waals surface area contributed by atoms with Crippen LogP contribution in [-0.4, -0.2) is 12.1 Å². The van der Waals surface area contributed by atoms with Crippen LogP contribution in [0.15, 0.2) is 24.3 Å². The smallest absolute Gasteiger partial charge is 0.119 e. The molecule has 0 spiro atoms. The zero-order valence-corrected chi connectivity index (χ0v) is 13.4. The third-order valence-electron chi connectivity index (χ3n) is 4.30. The van der Waals surface area contributed by atoms with Crippen LogP contribution in [0.3, 0.4) is 0 Å². The zero-order chi connectivity index (χ0) is 14.5. The summed E-state index contributed by atoms with van der Waals surface area (Å²) in [6.45, 7) is 9.83. The van der Waals surface area contributed by atoms with E-state index in [9.17, 15) is 0 Å². The molecule has 0 heterocycles. The summed E-state index contributed by atoms with van der Waals surface area (Å²) in [6.07, 6.45) is 4.28. The molecule has 1 N–H and O–H groups in total. The van der Waals surface area contributed by atoms with Gasteiger partial charge in [0.25, 0.3) is 0 Å². The van der Waals surface area contributed by atoms with Gasteiger partial charge in [0.05, 0.1) is 6.10 Å². The quantitative estimate of drug-likeness (QED) is 0.860. The molecule has 0 radical (unpaired) electrons. The van der Waals surface area contributed by atoms with Gasteiger partial charge >= 0.3 is 0 Å². The second-order valence-corrected chi connectivity index (χ2v) is 6.69. The van der Waals surface area contributed by atoms with Gasteiger partial charge in [-0.25, -0.2) is 0 Å². The number of nitrogens with one attached hydrogen (secondary N) is 1. The molecule has 2 rings (SSSR count). The Morgan fingerprint density at radius 3 is 2.45 bits per heavy atom. The van der Waals surface area contributed by atoms with Crippen LogP contribution in [0.1, 0.15) is 52.5 Å². The van der Waals surface area contributed by atoms with Gasteiger partial charge in [0.2, 0.25) is 0 Å². The second kappa shape index (κ2) is 7.12. The highest BCUT2D eigenvalue weighted by molar-refractivity contribution is 5.27. The largest absolute Gasteiger partial charge is 0.491 e. The van der Waals surface area contributed by atoms with Gasteiger partial charge in [0.15, 0.2) is 0 Å². The normalized spacial score (nSPS) is 26.8. The molecule has 0 bridgehead atoms. The maximum absolute atomic E-state index is 5.67. The van der Waals surface area contributed by atoms with Gasteiger partial charge in [0, 0.05) is 12.6 Å². The first-order chi connectivity index (χ1) is 9.54. The lowest BCUT2D eigenvalue weighted by Crippen LogP contribution is -2.38. The molecule has 2 nitrogen and oxygen atoms in total. The number of hydrogen-bond donors (Lipinski definition) is 1. The Balaban J connectivity index is 1.82. The monoisotopic (exact) mass is 275 g/mol. The average Bonchev–Trinajstić information content (AvgIpc) is 2.39. The number of ether oxygens (including phenoxy) is 1. The molecule has 0 aliphatic heterocycles. The highest BCUT2D eigenvalue weighted by atomic mass is 16.5. The van der Waals surface area contributed by atoms with Crippen LogP contribution >= 0.6 is 0 Å². The van der Waals surface area contributed by atoms with Crippen LogP contribution in [-0.2, 0) is 6.54 Å². The molecule has 0 saturated heterocycles. The Kier molecular flexibility index (Phi) is 5.47. The van der Waals surface area contributed by atoms with Crippen molar-refractivity contribution in [2.45, 2.75) is 65.6 Å². The summed E-state index contributed by atoms with van der Waals surface area (Å²) in [5.74, 6) is 2.65. The van der Waals surface area contributed by atoms with Gasteiger partial charge in [-0.05, 0) is 62.6 Å². The Labute approximate surface area is 123 Å². The number of benzene rings is 1. The van der Waals surface area contributed by atoms with Crippen molar-refractivity contribution in [2.75, 3.05) is 0 Å². The first-order valence-electron chi connectivity index (χ1n) is 8.03. The fourth-order valence-electron chi connectivity index (χ4n) is 3.18. The van der Waals surface area contributed by atoms with Crippen molar-refractivity contribution in [3.8, 4) is 5.75 Å². The summed E-state index contributed by atoms with van der Waals surface area (Å²) >= 11 is 0. The first-order valence-corrected chi connectivity index (χ1v) is 8.03. The van der Waals surface area contributed by atoms with E-state index in [1.807, 2.05) is 0 Å². The predicted octanol–water partition coefficient (Wildman–Crippen LogP) is 4.39. The summed E-state index contributed by atoms with van der Waals surface area (Å²) in [5, 5.41) is 3.73. The zero-order valence-electron chi connectivity index (χ0n) is 13.4. The van der Waals surface area contributed by atoms with Crippen LogP contribution in [0.25, 0.3) is 0 Å². The minimum Gasteiger partial charge on any atom is -0.491 e. The van der Waals surface area contributed by atoms with E-state index in [1.54, 1.807) is 0 Å². The van der Waals surface area contributed by atoms with Gasteiger partial charge in [0.1, 0.15) is 5.75 Å². The van der Waals surface area contributed by atoms with E-state index in [1.165, 1.54) is 24.8 Å². The summed E-state index contributed by atoms with van der Waals surface area (Å²) in [6, 6.07) is 9.16. The lowest BCUT2D eigenvalue weighted by atomic mass is 9.80. The lowest BCUT2D eigenvalue weighted by molar-refractivity contribution is 0.227. The van der Waals surface area contributed by atoms with Gasteiger partial charge in [-0.3, -0.25) is 0 Å². The molecule has 0 amide bonds. The minimum absolute atomic E-state index is 0.240. The highest BCUT2D eigenvalue weighted by Gasteiger charge is 2.24. The van der Waals surface area contributed by atoms with Crippen LogP contribution in [0, 0.1) is 11.8 Å². The van der Waals surface area contributed by atoms with E-state index in [4.69, 9.17) is 4.74 Å². The topological polar surface area (TPSA) is 21.3 Å². The van der Waals surface area contributed by atoms with Gasteiger partial charge in [-0.15, -0.1) is 0 Å². The van der Waals surface area contributed by atoms with Crippen molar-refractivity contribution < 1.29 is 4.74 Å². The third-order valence-corrected chi connectivity index (χ3v) is 4.30. The molecular formula is C18H29NO. The Bertz CT molecular complexity index is 398. The Hall–Kier alpha value is -1.02. The molecule has 1 aliphatic carbocycles. The van der Waals surface area contributed by atoms with E-state index in [2.05, 4.69) is 57.3 Å².